The molecule has 0 saturated heterocycles. The van der Waals surface area contributed by atoms with Gasteiger partial charge in [-0.05, 0) is 25.1 Å². The van der Waals surface area contributed by atoms with Crippen molar-refractivity contribution in [2.75, 3.05) is 0 Å². The molecular formula is C9H9N3. The van der Waals surface area contributed by atoms with Crippen LogP contribution in [0, 0.1) is 6.92 Å². The van der Waals surface area contributed by atoms with Crippen molar-refractivity contribution in [3.8, 4) is 11.4 Å². The van der Waals surface area contributed by atoms with Gasteiger partial charge in [0.25, 0.3) is 0 Å². The van der Waals surface area contributed by atoms with Crippen LogP contribution >= 0.6 is 0 Å². The summed E-state index contributed by atoms with van der Waals surface area (Å²) in [7, 11) is 0. The predicted molar refractivity (Wildman–Crippen MR) is 46.6 cm³/mol. The van der Waals surface area contributed by atoms with Gasteiger partial charge in [-0.25, -0.2) is 0 Å². The lowest BCUT2D eigenvalue weighted by Gasteiger charge is -1.96. The summed E-state index contributed by atoms with van der Waals surface area (Å²) in [6.07, 6.45) is 1.72. The highest BCUT2D eigenvalue weighted by atomic mass is 15.1. The molecule has 0 spiro atoms. The van der Waals surface area contributed by atoms with Crippen LogP contribution < -0.4 is 0 Å². The Bertz CT molecular complexity index is 365. The number of aromatic amines is 1. The first-order valence-corrected chi connectivity index (χ1v) is 3.80. The van der Waals surface area contributed by atoms with E-state index in [0.29, 0.717) is 0 Å². The van der Waals surface area contributed by atoms with Crippen LogP contribution in [0.5, 0.6) is 0 Å². The van der Waals surface area contributed by atoms with E-state index in [1.807, 2.05) is 31.2 Å². The van der Waals surface area contributed by atoms with Gasteiger partial charge < -0.3 is 0 Å². The smallest absolute Gasteiger partial charge is 0.0883 e. The summed E-state index contributed by atoms with van der Waals surface area (Å²) in [6.45, 7) is 1.97. The number of hydrogen-bond donors (Lipinski definition) is 1. The Balaban J connectivity index is 2.48. The fourth-order valence-corrected chi connectivity index (χ4v) is 1.09. The fourth-order valence-electron chi connectivity index (χ4n) is 1.09. The fraction of sp³-hybridized carbons (Fsp3) is 0.111. The predicted octanol–water partition coefficient (Wildman–Crippen LogP) is 1.78. The largest absolute Gasteiger partial charge is 0.276 e. The summed E-state index contributed by atoms with van der Waals surface area (Å²) < 4.78 is 0. The molecule has 1 N–H and O–H groups in total. The van der Waals surface area contributed by atoms with Crippen molar-refractivity contribution in [3.05, 3.63) is 36.2 Å². The highest BCUT2D eigenvalue weighted by Gasteiger charge is 1.98. The number of nitrogens with zero attached hydrogens (tertiary/aromatic N) is 2. The van der Waals surface area contributed by atoms with E-state index in [-0.39, 0.29) is 0 Å². The SMILES string of the molecule is Cc1cccc(-c2ccn[nH]2)n1. The Kier molecular flexibility index (Phi) is 1.63. The molecule has 0 aromatic carbocycles. The van der Waals surface area contributed by atoms with Crippen molar-refractivity contribution < 1.29 is 0 Å². The molecule has 3 heteroatoms. The molecule has 0 aliphatic rings. The maximum atomic E-state index is 4.34. The molecule has 2 aromatic heterocycles. The minimum atomic E-state index is 0.938. The van der Waals surface area contributed by atoms with E-state index >= 15 is 0 Å². The summed E-state index contributed by atoms with van der Waals surface area (Å²) in [4.78, 5) is 4.34. The third-order valence-electron chi connectivity index (χ3n) is 1.67. The second-order valence-corrected chi connectivity index (χ2v) is 2.63. The first-order valence-electron chi connectivity index (χ1n) is 3.80. The topological polar surface area (TPSA) is 41.6 Å². The zero-order valence-corrected chi connectivity index (χ0v) is 6.78. The highest BCUT2D eigenvalue weighted by molar-refractivity contribution is 5.52. The summed E-state index contributed by atoms with van der Waals surface area (Å²) in [5, 5.41) is 6.73. The molecule has 60 valence electrons. The van der Waals surface area contributed by atoms with Crippen molar-refractivity contribution in [3.63, 3.8) is 0 Å². The standard InChI is InChI=1S/C9H9N3/c1-7-3-2-4-8(11-7)9-5-6-10-12-9/h2-6H,1H3,(H,10,12). The molecule has 0 bridgehead atoms. The van der Waals surface area contributed by atoms with Gasteiger partial charge in [-0.1, -0.05) is 6.07 Å². The summed E-state index contributed by atoms with van der Waals surface area (Å²) in [6, 6.07) is 7.82. The van der Waals surface area contributed by atoms with E-state index in [1.54, 1.807) is 6.20 Å². The Morgan fingerprint density at radius 3 is 2.83 bits per heavy atom. The second kappa shape index (κ2) is 2.77. The van der Waals surface area contributed by atoms with Gasteiger partial charge in [0.15, 0.2) is 0 Å². The average molecular weight is 159 g/mol. The van der Waals surface area contributed by atoms with Gasteiger partial charge in [-0.15, -0.1) is 0 Å². The van der Waals surface area contributed by atoms with Crippen LogP contribution in [0.15, 0.2) is 30.5 Å². The van der Waals surface area contributed by atoms with Gasteiger partial charge in [0.2, 0.25) is 0 Å². The Labute approximate surface area is 70.5 Å². The molecule has 0 saturated carbocycles. The lowest BCUT2D eigenvalue weighted by atomic mass is 10.2. The third-order valence-corrected chi connectivity index (χ3v) is 1.67. The number of nitrogens with one attached hydrogen (secondary N) is 1. The van der Waals surface area contributed by atoms with Crippen molar-refractivity contribution in [2.45, 2.75) is 6.92 Å². The lowest BCUT2D eigenvalue weighted by molar-refractivity contribution is 1.08. The summed E-state index contributed by atoms with van der Waals surface area (Å²) >= 11 is 0. The van der Waals surface area contributed by atoms with Crippen molar-refractivity contribution in [1.29, 1.82) is 0 Å². The Morgan fingerprint density at radius 2 is 2.17 bits per heavy atom. The molecule has 0 amide bonds. The van der Waals surface area contributed by atoms with Gasteiger partial charge >= 0.3 is 0 Å². The number of pyridine rings is 1. The van der Waals surface area contributed by atoms with Gasteiger partial charge in [0, 0.05) is 11.9 Å². The summed E-state index contributed by atoms with van der Waals surface area (Å²) in [5.41, 5.74) is 2.91. The normalized spacial score (nSPS) is 10.1. The lowest BCUT2D eigenvalue weighted by Crippen LogP contribution is -1.85. The van der Waals surface area contributed by atoms with Crippen molar-refractivity contribution in [2.24, 2.45) is 0 Å². The van der Waals surface area contributed by atoms with E-state index in [0.717, 1.165) is 17.1 Å². The van der Waals surface area contributed by atoms with Crippen LogP contribution in [0.2, 0.25) is 0 Å². The highest BCUT2D eigenvalue weighted by Crippen LogP contribution is 2.12. The molecule has 3 nitrogen and oxygen atoms in total. The van der Waals surface area contributed by atoms with Crippen LogP contribution in [-0.2, 0) is 0 Å². The van der Waals surface area contributed by atoms with E-state index in [1.165, 1.54) is 0 Å². The zero-order valence-electron chi connectivity index (χ0n) is 6.78. The van der Waals surface area contributed by atoms with E-state index in [4.69, 9.17) is 0 Å². The molecule has 0 atom stereocenters. The van der Waals surface area contributed by atoms with Crippen LogP contribution in [-0.4, -0.2) is 15.2 Å². The Morgan fingerprint density at radius 1 is 1.25 bits per heavy atom. The van der Waals surface area contributed by atoms with Gasteiger partial charge in [0.05, 0.1) is 11.4 Å². The number of aromatic nitrogens is 3. The summed E-state index contributed by atoms with van der Waals surface area (Å²) in [5.74, 6) is 0. The maximum absolute atomic E-state index is 4.34. The first-order chi connectivity index (χ1) is 5.86. The molecule has 2 heterocycles. The van der Waals surface area contributed by atoms with E-state index < -0.39 is 0 Å². The molecule has 0 unspecified atom stereocenters. The number of H-pyrrole nitrogens is 1. The number of aryl methyl sites for hydroxylation is 1. The van der Waals surface area contributed by atoms with Crippen LogP contribution in [0.25, 0.3) is 11.4 Å². The monoisotopic (exact) mass is 159 g/mol. The minimum absolute atomic E-state index is 0.938. The van der Waals surface area contributed by atoms with Crippen molar-refractivity contribution in [1.82, 2.24) is 15.2 Å². The average Bonchev–Trinajstić information content (AvgIpc) is 2.56. The van der Waals surface area contributed by atoms with Crippen molar-refractivity contribution >= 4 is 0 Å². The van der Waals surface area contributed by atoms with E-state index in [2.05, 4.69) is 15.2 Å². The van der Waals surface area contributed by atoms with Crippen LogP contribution in [0.4, 0.5) is 0 Å². The molecule has 2 rings (SSSR count). The van der Waals surface area contributed by atoms with Crippen LogP contribution in [0.3, 0.4) is 0 Å². The maximum Gasteiger partial charge on any atom is 0.0883 e. The zero-order chi connectivity index (χ0) is 8.39. The third kappa shape index (κ3) is 1.21. The first kappa shape index (κ1) is 7.03. The molecule has 2 aromatic rings. The minimum Gasteiger partial charge on any atom is -0.276 e. The molecular weight excluding hydrogens is 150 g/mol. The molecule has 12 heavy (non-hydrogen) atoms. The molecule has 0 fully saturated rings. The molecule has 0 aliphatic carbocycles. The van der Waals surface area contributed by atoms with E-state index in [9.17, 15) is 0 Å². The number of hydrogen-bond acceptors (Lipinski definition) is 2. The Hall–Kier alpha value is -1.64. The number of rotatable bonds is 1. The van der Waals surface area contributed by atoms with Gasteiger partial charge in [0.1, 0.15) is 0 Å². The van der Waals surface area contributed by atoms with Gasteiger partial charge in [-0.2, -0.15) is 5.10 Å². The quantitative estimate of drug-likeness (QED) is 0.689. The molecule has 0 aliphatic heterocycles. The van der Waals surface area contributed by atoms with Gasteiger partial charge in [-0.3, -0.25) is 10.1 Å². The molecule has 0 radical (unpaired) electrons. The second-order valence-electron chi connectivity index (χ2n) is 2.63. The van der Waals surface area contributed by atoms with Crippen LogP contribution in [0.1, 0.15) is 5.69 Å².